The molecule has 5 atom stereocenters. The van der Waals surface area contributed by atoms with E-state index < -0.39 is 11.0 Å². The van der Waals surface area contributed by atoms with Gasteiger partial charge in [0.1, 0.15) is 6.10 Å². The van der Waals surface area contributed by atoms with Crippen LogP contribution in [0.4, 0.5) is 0 Å². The summed E-state index contributed by atoms with van der Waals surface area (Å²) >= 11 is 0. The van der Waals surface area contributed by atoms with Gasteiger partial charge in [-0.05, 0) is 62.6 Å². The van der Waals surface area contributed by atoms with E-state index in [-0.39, 0.29) is 24.0 Å². The van der Waals surface area contributed by atoms with E-state index in [4.69, 9.17) is 33.2 Å². The Bertz CT molecular complexity index is 1040. The van der Waals surface area contributed by atoms with Crippen molar-refractivity contribution in [2.45, 2.75) is 74.2 Å². The molecule has 2 bridgehead atoms. The highest BCUT2D eigenvalue weighted by Gasteiger charge is 2.73. The molecule has 236 valence electrons. The number of rotatable bonds is 18. The second-order valence-corrected chi connectivity index (χ2v) is 12.5. The predicted molar refractivity (Wildman–Crippen MR) is 154 cm³/mol. The molecule has 1 aromatic rings. The molecule has 2 unspecified atom stereocenters. The molecule has 0 amide bonds. The number of nitrogens with zero attached hydrogens (tertiary/aromatic N) is 1. The van der Waals surface area contributed by atoms with Crippen LogP contribution in [0.25, 0.3) is 0 Å². The van der Waals surface area contributed by atoms with E-state index in [1.807, 2.05) is 6.07 Å². The maximum absolute atomic E-state index is 12.6. The van der Waals surface area contributed by atoms with Gasteiger partial charge in [0.05, 0.1) is 83.2 Å². The van der Waals surface area contributed by atoms with Crippen LogP contribution in [0.2, 0.25) is 0 Å². The fraction of sp³-hybridized carbons (Fsp3) is 0.812. The topological polar surface area (TPSA) is 108 Å². The fourth-order valence-corrected chi connectivity index (χ4v) is 8.14. The summed E-state index contributed by atoms with van der Waals surface area (Å²) in [6.07, 6.45) is 6.47. The molecule has 6 rings (SSSR count). The first-order valence-corrected chi connectivity index (χ1v) is 16.0. The van der Waals surface area contributed by atoms with Gasteiger partial charge in [0.2, 0.25) is 0 Å². The summed E-state index contributed by atoms with van der Waals surface area (Å²) in [5.74, 6) is 1.48. The third-order valence-corrected chi connectivity index (χ3v) is 10.3. The fourth-order valence-electron chi connectivity index (χ4n) is 8.14. The minimum absolute atomic E-state index is 0.0739. The van der Waals surface area contributed by atoms with Crippen LogP contribution < -0.4 is 4.74 Å². The molecular weight excluding hydrogens is 542 g/mol. The van der Waals surface area contributed by atoms with Crippen LogP contribution in [0.1, 0.15) is 49.7 Å². The van der Waals surface area contributed by atoms with Crippen molar-refractivity contribution in [2.75, 3.05) is 86.3 Å². The highest BCUT2D eigenvalue weighted by Crippen LogP contribution is 2.65. The van der Waals surface area contributed by atoms with Gasteiger partial charge in [-0.2, -0.15) is 0 Å². The zero-order chi connectivity index (χ0) is 29.0. The SMILES string of the molecule is COCCOCCOCCOCCOCCOC1CC[C@@]2(O)C3Cc4ccc(O)c5c4[C@@]2(CCN3CC2CCC2)[C@H]1O5. The molecule has 1 saturated heterocycles. The summed E-state index contributed by atoms with van der Waals surface area (Å²) in [5.41, 5.74) is 0.813. The summed E-state index contributed by atoms with van der Waals surface area (Å²) in [7, 11) is 1.65. The lowest BCUT2D eigenvalue weighted by molar-refractivity contribution is -0.218. The Balaban J connectivity index is 0.974. The molecule has 10 nitrogen and oxygen atoms in total. The molecular formula is C32H49NO9. The van der Waals surface area contributed by atoms with Gasteiger partial charge >= 0.3 is 0 Å². The predicted octanol–water partition coefficient (Wildman–Crippen LogP) is 2.44. The number of benzene rings is 1. The number of piperidine rings is 1. The maximum Gasteiger partial charge on any atom is 0.165 e. The average Bonchev–Trinajstić information content (AvgIpc) is 3.32. The van der Waals surface area contributed by atoms with Crippen LogP contribution in [0.3, 0.4) is 0 Å². The molecule has 3 fully saturated rings. The van der Waals surface area contributed by atoms with Crippen molar-refractivity contribution in [1.82, 2.24) is 4.90 Å². The summed E-state index contributed by atoms with van der Waals surface area (Å²) in [6, 6.07) is 3.88. The first kappa shape index (κ1) is 30.5. The van der Waals surface area contributed by atoms with Gasteiger partial charge in [-0.3, -0.25) is 4.90 Å². The number of aliphatic hydroxyl groups is 1. The second kappa shape index (κ2) is 13.6. The van der Waals surface area contributed by atoms with E-state index in [0.29, 0.717) is 78.2 Å². The van der Waals surface area contributed by atoms with Crippen molar-refractivity contribution in [3.05, 3.63) is 23.3 Å². The third kappa shape index (κ3) is 5.70. The van der Waals surface area contributed by atoms with Gasteiger partial charge in [0, 0.05) is 25.3 Å². The molecule has 42 heavy (non-hydrogen) atoms. The van der Waals surface area contributed by atoms with E-state index in [2.05, 4.69) is 4.90 Å². The van der Waals surface area contributed by atoms with Crippen LogP contribution in [-0.4, -0.2) is 125 Å². The lowest BCUT2D eigenvalue weighted by Gasteiger charge is -2.64. The van der Waals surface area contributed by atoms with Crippen LogP contribution in [0, 0.1) is 5.92 Å². The molecule has 0 aromatic heterocycles. The Kier molecular flexibility index (Phi) is 9.92. The van der Waals surface area contributed by atoms with Crippen molar-refractivity contribution < 1.29 is 43.4 Å². The highest BCUT2D eigenvalue weighted by molar-refractivity contribution is 5.62. The van der Waals surface area contributed by atoms with E-state index in [0.717, 1.165) is 43.8 Å². The van der Waals surface area contributed by atoms with Crippen LogP contribution in [-0.2, 0) is 40.3 Å². The lowest BCUT2D eigenvalue weighted by atomic mass is 9.48. The highest BCUT2D eigenvalue weighted by atomic mass is 16.6. The smallest absolute Gasteiger partial charge is 0.165 e. The number of ether oxygens (including phenoxy) is 7. The monoisotopic (exact) mass is 591 g/mol. The molecule has 2 heterocycles. The molecule has 2 saturated carbocycles. The van der Waals surface area contributed by atoms with Crippen molar-refractivity contribution in [3.8, 4) is 11.5 Å². The first-order chi connectivity index (χ1) is 20.6. The number of phenols is 1. The molecule has 5 aliphatic rings. The number of likely N-dealkylation sites (tertiary alicyclic amines) is 1. The Morgan fingerprint density at radius 3 is 2.19 bits per heavy atom. The van der Waals surface area contributed by atoms with Crippen molar-refractivity contribution in [1.29, 1.82) is 0 Å². The molecule has 3 aliphatic carbocycles. The number of phenolic OH excluding ortho intramolecular Hbond substituents is 1. The maximum atomic E-state index is 12.6. The van der Waals surface area contributed by atoms with Crippen molar-refractivity contribution >= 4 is 0 Å². The zero-order valence-electron chi connectivity index (χ0n) is 25.1. The Hall–Kier alpha value is -1.50. The van der Waals surface area contributed by atoms with Crippen molar-refractivity contribution in [2.24, 2.45) is 5.92 Å². The lowest BCUT2D eigenvalue weighted by Crippen LogP contribution is -2.77. The van der Waals surface area contributed by atoms with Gasteiger partial charge in [0.25, 0.3) is 0 Å². The van der Waals surface area contributed by atoms with Crippen molar-refractivity contribution in [3.63, 3.8) is 0 Å². The van der Waals surface area contributed by atoms with Gasteiger partial charge in [-0.15, -0.1) is 0 Å². The number of hydrogen-bond acceptors (Lipinski definition) is 10. The minimum atomic E-state index is -0.889. The van der Waals surface area contributed by atoms with E-state index in [1.165, 1.54) is 24.8 Å². The molecule has 2 N–H and O–H groups in total. The summed E-state index contributed by atoms with van der Waals surface area (Å²) < 4.78 is 40.1. The average molecular weight is 592 g/mol. The standard InChI is InChI=1S/C32H49NO9/c1-36-11-12-37-13-14-38-15-16-39-17-18-40-19-20-41-26-7-8-32(35)27-21-24-5-6-25(34)29-28(24)31(32,30(26)42-29)9-10-33(27)22-23-3-2-4-23/h5-6,23,26-27,30,34-35H,2-4,7-22H2,1H3/t26?,27?,30-,31-,32+/m0/s1. The molecule has 1 aromatic carbocycles. The molecule has 2 aliphatic heterocycles. The van der Waals surface area contributed by atoms with E-state index in [1.54, 1.807) is 13.2 Å². The molecule has 0 radical (unpaired) electrons. The Morgan fingerprint density at radius 2 is 1.55 bits per heavy atom. The quantitative estimate of drug-likeness (QED) is 0.247. The zero-order valence-corrected chi connectivity index (χ0v) is 25.1. The Labute approximate surface area is 249 Å². The van der Waals surface area contributed by atoms with Gasteiger partial charge in [-0.1, -0.05) is 12.5 Å². The van der Waals surface area contributed by atoms with Crippen LogP contribution in [0.15, 0.2) is 12.1 Å². The number of aromatic hydroxyl groups is 1. The molecule has 1 spiro atoms. The Morgan fingerprint density at radius 1 is 0.881 bits per heavy atom. The van der Waals surface area contributed by atoms with Gasteiger partial charge < -0.3 is 43.4 Å². The summed E-state index contributed by atoms with van der Waals surface area (Å²) in [6.45, 7) is 7.19. The molecule has 10 heteroatoms. The second-order valence-electron chi connectivity index (χ2n) is 12.5. The van der Waals surface area contributed by atoms with E-state index in [9.17, 15) is 10.2 Å². The van der Waals surface area contributed by atoms with Crippen LogP contribution in [0.5, 0.6) is 11.5 Å². The van der Waals surface area contributed by atoms with E-state index >= 15 is 0 Å². The first-order valence-electron chi connectivity index (χ1n) is 16.0. The normalized spacial score (nSPS) is 31.5. The largest absolute Gasteiger partial charge is 0.504 e. The third-order valence-electron chi connectivity index (χ3n) is 10.3. The van der Waals surface area contributed by atoms with Crippen LogP contribution >= 0.6 is 0 Å². The van der Waals surface area contributed by atoms with Gasteiger partial charge in [-0.25, -0.2) is 0 Å². The summed E-state index contributed by atoms with van der Waals surface area (Å²) in [5, 5.41) is 23.4. The number of hydrogen-bond donors (Lipinski definition) is 2. The van der Waals surface area contributed by atoms with Gasteiger partial charge in [0.15, 0.2) is 11.5 Å². The minimum Gasteiger partial charge on any atom is -0.504 e. The summed E-state index contributed by atoms with van der Waals surface area (Å²) in [4.78, 5) is 2.57. The number of methoxy groups -OCH3 is 1.